The van der Waals surface area contributed by atoms with Crippen LogP contribution < -0.4 is 15.0 Å². The van der Waals surface area contributed by atoms with E-state index in [0.717, 1.165) is 46.5 Å². The smallest absolute Gasteiger partial charge is 0.254 e. The lowest BCUT2D eigenvalue weighted by Gasteiger charge is -2.26. The van der Waals surface area contributed by atoms with Gasteiger partial charge in [-0.1, -0.05) is 67.6 Å². The normalized spacial score (nSPS) is 12.0. The van der Waals surface area contributed by atoms with Crippen molar-refractivity contribution in [2.24, 2.45) is 0 Å². The lowest BCUT2D eigenvalue weighted by Crippen LogP contribution is -2.27. The molecule has 0 atom stereocenters. The number of hydrogen-bond acceptors (Lipinski definition) is 3. The zero-order chi connectivity index (χ0) is 22.6. The standard InChI is InChI=1S/C29H27NO3/c1-2-25-27(33-20-22-11-7-4-8-12-22)18-28(31)30-16-15-23-17-24(13-14-26(23)29(25)30)32-19-21-9-5-3-6-10-21/h3-14,17-18H,2,15-16,19-20H2,1H3. The maximum atomic E-state index is 13.0. The van der Waals surface area contributed by atoms with Crippen LogP contribution in [0.15, 0.2) is 89.7 Å². The zero-order valence-electron chi connectivity index (χ0n) is 18.8. The molecule has 0 aliphatic carbocycles. The van der Waals surface area contributed by atoms with Gasteiger partial charge in [0.2, 0.25) is 0 Å². The van der Waals surface area contributed by atoms with E-state index in [2.05, 4.69) is 31.2 Å². The summed E-state index contributed by atoms with van der Waals surface area (Å²) in [7, 11) is 0. The third-order valence-electron chi connectivity index (χ3n) is 6.15. The van der Waals surface area contributed by atoms with E-state index in [1.165, 1.54) is 5.56 Å². The van der Waals surface area contributed by atoms with Crippen molar-refractivity contribution in [3.63, 3.8) is 0 Å². The molecule has 0 fully saturated rings. The molecule has 0 radical (unpaired) electrons. The molecule has 4 nitrogen and oxygen atoms in total. The molecule has 4 aromatic rings. The predicted molar refractivity (Wildman–Crippen MR) is 131 cm³/mol. The Kier molecular flexibility index (Phi) is 5.99. The molecule has 3 aromatic carbocycles. The molecule has 5 rings (SSSR count). The lowest BCUT2D eigenvalue weighted by molar-refractivity contribution is 0.301. The highest BCUT2D eigenvalue weighted by Gasteiger charge is 2.23. The average Bonchev–Trinajstić information content (AvgIpc) is 2.87. The number of pyridine rings is 1. The van der Waals surface area contributed by atoms with Gasteiger partial charge in [0.05, 0.1) is 5.69 Å². The van der Waals surface area contributed by atoms with Crippen LogP contribution in [-0.2, 0) is 32.6 Å². The molecule has 0 unspecified atom stereocenters. The Balaban J connectivity index is 1.46. The number of ether oxygens (including phenoxy) is 2. The Hall–Kier alpha value is -3.79. The fourth-order valence-corrected chi connectivity index (χ4v) is 4.47. The first-order valence-electron chi connectivity index (χ1n) is 11.5. The summed E-state index contributed by atoms with van der Waals surface area (Å²) in [6.45, 7) is 3.75. The highest BCUT2D eigenvalue weighted by molar-refractivity contribution is 5.72. The fraction of sp³-hybridized carbons (Fsp3) is 0.207. The van der Waals surface area contributed by atoms with Gasteiger partial charge in [0.25, 0.3) is 5.56 Å². The Morgan fingerprint density at radius 2 is 1.48 bits per heavy atom. The Bertz CT molecular complexity index is 1310. The number of nitrogens with zero attached hydrogens (tertiary/aromatic N) is 1. The Morgan fingerprint density at radius 3 is 2.15 bits per heavy atom. The van der Waals surface area contributed by atoms with E-state index < -0.39 is 0 Å². The van der Waals surface area contributed by atoms with Gasteiger partial charge in [-0.2, -0.15) is 0 Å². The van der Waals surface area contributed by atoms with Gasteiger partial charge in [-0.3, -0.25) is 4.79 Å². The molecule has 0 bridgehead atoms. The quantitative estimate of drug-likeness (QED) is 0.367. The minimum absolute atomic E-state index is 0.0136. The molecule has 1 aliphatic rings. The molecule has 1 aliphatic heterocycles. The number of aromatic nitrogens is 1. The van der Waals surface area contributed by atoms with Crippen LogP contribution in [0.25, 0.3) is 11.3 Å². The van der Waals surface area contributed by atoms with E-state index >= 15 is 0 Å². The largest absolute Gasteiger partial charge is 0.489 e. The third-order valence-corrected chi connectivity index (χ3v) is 6.15. The van der Waals surface area contributed by atoms with Crippen molar-refractivity contribution < 1.29 is 9.47 Å². The van der Waals surface area contributed by atoms with Gasteiger partial charge >= 0.3 is 0 Å². The molecule has 0 amide bonds. The van der Waals surface area contributed by atoms with Crippen molar-refractivity contribution in [3.8, 4) is 22.8 Å². The number of fused-ring (bicyclic) bond motifs is 3. The Labute approximate surface area is 194 Å². The van der Waals surface area contributed by atoms with Gasteiger partial charge in [0.15, 0.2) is 0 Å². The summed E-state index contributed by atoms with van der Waals surface area (Å²) in [5, 5.41) is 0. The van der Waals surface area contributed by atoms with Gasteiger partial charge in [0.1, 0.15) is 24.7 Å². The zero-order valence-corrected chi connectivity index (χ0v) is 18.8. The first-order chi connectivity index (χ1) is 16.2. The van der Waals surface area contributed by atoms with E-state index in [1.807, 2.05) is 59.2 Å². The van der Waals surface area contributed by atoms with Crippen LogP contribution in [0, 0.1) is 0 Å². The summed E-state index contributed by atoms with van der Waals surface area (Å²) in [5.74, 6) is 1.53. The lowest BCUT2D eigenvalue weighted by atomic mass is 9.93. The molecular formula is C29H27NO3. The second-order valence-corrected chi connectivity index (χ2v) is 8.30. The molecule has 0 N–H and O–H groups in total. The molecule has 166 valence electrons. The molecule has 0 saturated heterocycles. The van der Waals surface area contributed by atoms with E-state index in [4.69, 9.17) is 9.47 Å². The highest BCUT2D eigenvalue weighted by Crippen LogP contribution is 2.37. The van der Waals surface area contributed by atoms with Crippen molar-refractivity contribution in [2.75, 3.05) is 0 Å². The summed E-state index contributed by atoms with van der Waals surface area (Å²) < 4.78 is 14.1. The van der Waals surface area contributed by atoms with Crippen LogP contribution in [0.1, 0.15) is 29.2 Å². The van der Waals surface area contributed by atoms with E-state index in [9.17, 15) is 4.79 Å². The molecule has 0 spiro atoms. The van der Waals surface area contributed by atoms with Gasteiger partial charge in [-0.15, -0.1) is 0 Å². The van der Waals surface area contributed by atoms with Crippen LogP contribution >= 0.6 is 0 Å². The predicted octanol–water partition coefficient (Wildman–Crippen LogP) is 5.79. The number of benzene rings is 3. The van der Waals surface area contributed by atoms with Gasteiger partial charge < -0.3 is 14.0 Å². The van der Waals surface area contributed by atoms with Crippen molar-refractivity contribution >= 4 is 0 Å². The van der Waals surface area contributed by atoms with Crippen molar-refractivity contribution in [1.82, 2.24) is 4.57 Å². The fourth-order valence-electron chi connectivity index (χ4n) is 4.47. The topological polar surface area (TPSA) is 40.5 Å². The van der Waals surface area contributed by atoms with E-state index in [-0.39, 0.29) is 5.56 Å². The minimum Gasteiger partial charge on any atom is -0.489 e. The summed E-state index contributed by atoms with van der Waals surface area (Å²) >= 11 is 0. The van der Waals surface area contributed by atoms with Gasteiger partial charge in [-0.25, -0.2) is 0 Å². The van der Waals surface area contributed by atoms with E-state index in [0.29, 0.717) is 25.5 Å². The molecule has 1 aromatic heterocycles. The summed E-state index contributed by atoms with van der Waals surface area (Å²) in [6, 6.07) is 28.0. The van der Waals surface area contributed by atoms with Crippen LogP contribution in [-0.4, -0.2) is 4.57 Å². The number of rotatable bonds is 7. The van der Waals surface area contributed by atoms with E-state index in [1.54, 1.807) is 6.07 Å². The SMILES string of the molecule is CCc1c(OCc2ccccc2)cc(=O)n2c1-c1ccc(OCc3ccccc3)cc1CC2. The van der Waals surface area contributed by atoms with Crippen LogP contribution in [0.2, 0.25) is 0 Å². The van der Waals surface area contributed by atoms with Gasteiger partial charge in [-0.05, 0) is 47.7 Å². The first-order valence-corrected chi connectivity index (χ1v) is 11.5. The highest BCUT2D eigenvalue weighted by atomic mass is 16.5. The molecule has 2 heterocycles. The van der Waals surface area contributed by atoms with Crippen molar-refractivity contribution in [1.29, 1.82) is 0 Å². The first kappa shape index (κ1) is 21.1. The Morgan fingerprint density at radius 1 is 0.818 bits per heavy atom. The molecule has 33 heavy (non-hydrogen) atoms. The van der Waals surface area contributed by atoms with Crippen LogP contribution in [0.3, 0.4) is 0 Å². The molecule has 4 heteroatoms. The second kappa shape index (κ2) is 9.37. The second-order valence-electron chi connectivity index (χ2n) is 8.30. The molecule has 0 saturated carbocycles. The summed E-state index contributed by atoms with van der Waals surface area (Å²) in [6.07, 6.45) is 1.59. The number of aryl methyl sites for hydroxylation is 1. The molecular weight excluding hydrogens is 410 g/mol. The summed E-state index contributed by atoms with van der Waals surface area (Å²) in [5.41, 5.74) is 6.55. The van der Waals surface area contributed by atoms with Crippen molar-refractivity contribution in [2.45, 2.75) is 39.5 Å². The summed E-state index contributed by atoms with van der Waals surface area (Å²) in [4.78, 5) is 13.0. The maximum absolute atomic E-state index is 13.0. The minimum atomic E-state index is -0.0136. The maximum Gasteiger partial charge on any atom is 0.254 e. The third kappa shape index (κ3) is 4.42. The van der Waals surface area contributed by atoms with Crippen LogP contribution in [0.5, 0.6) is 11.5 Å². The van der Waals surface area contributed by atoms with Crippen LogP contribution in [0.4, 0.5) is 0 Å². The average molecular weight is 438 g/mol. The monoisotopic (exact) mass is 437 g/mol. The van der Waals surface area contributed by atoms with Gasteiger partial charge in [0, 0.05) is 23.7 Å². The number of hydrogen-bond donors (Lipinski definition) is 0. The van der Waals surface area contributed by atoms with Crippen molar-refractivity contribution in [3.05, 3.63) is 118 Å².